The molecule has 6 nitrogen and oxygen atoms in total. The molecule has 0 saturated heterocycles. The smallest absolute Gasteiger partial charge is 0.248 e. The third-order valence-electron chi connectivity index (χ3n) is 2.41. The molecule has 0 aromatic rings. The van der Waals surface area contributed by atoms with Crippen molar-refractivity contribution in [1.82, 2.24) is 10.4 Å². The van der Waals surface area contributed by atoms with Crippen LogP contribution >= 0.6 is 10.8 Å². The molecule has 121 valence electrons. The van der Waals surface area contributed by atoms with Gasteiger partial charge in [-0.05, 0) is 44.6 Å². The molecule has 0 aromatic heterocycles. The molecule has 0 spiro atoms. The second kappa shape index (κ2) is 6.28. The standard InChI is InChI=1S/C13H23N2O4S2/c1-12(2)9-10(13(3,4)15(12)17)11(16)14-7-6-8-20-21(5,18)19/h9H,6-8H2,1-5H3,(H,14,16)/i1D3,2D3,3D3,4D3,9D,15+1. The molecule has 0 bridgehead atoms. The molecular formula is C13H23N2O4S2. The van der Waals surface area contributed by atoms with E-state index in [1.54, 1.807) is 0 Å². The van der Waals surface area contributed by atoms with Crippen molar-refractivity contribution in [3.8, 4) is 0 Å². The highest BCUT2D eigenvalue weighted by Crippen LogP contribution is 2.38. The van der Waals surface area contributed by atoms with Crippen molar-refractivity contribution >= 4 is 25.6 Å². The van der Waals surface area contributed by atoms with Crippen LogP contribution in [-0.2, 0) is 18.9 Å². The third-order valence-corrected chi connectivity index (χ3v) is 5.08. The highest BCUT2D eigenvalue weighted by Gasteiger charge is 2.48. The Balaban J connectivity index is 3.82. The Hall–Kier alpha value is -0.570. The number of nitrogens with zero attached hydrogens (tertiary/aromatic N) is 1. The molecule has 0 saturated carbocycles. The van der Waals surface area contributed by atoms with Crippen molar-refractivity contribution in [2.45, 2.75) is 44.9 Å². The molecule has 0 fully saturated rings. The van der Waals surface area contributed by atoms with Gasteiger partial charge in [0.2, 0.25) is 5.91 Å². The quantitative estimate of drug-likeness (QED) is 0.444. The van der Waals surface area contributed by atoms with E-state index < -0.39 is 70.0 Å². The monoisotopic (exact) mass is 349 g/mol. The van der Waals surface area contributed by atoms with E-state index in [4.69, 9.17) is 17.8 Å². The fourth-order valence-corrected chi connectivity index (χ4v) is 3.30. The van der Waals surface area contributed by atoms with E-state index in [0.717, 1.165) is 6.26 Å². The molecule has 8 heteroatoms. The van der Waals surface area contributed by atoms with Crippen molar-refractivity contribution < 1.29 is 36.2 Å². The van der Waals surface area contributed by atoms with Crippen LogP contribution in [0.1, 0.15) is 51.6 Å². The van der Waals surface area contributed by atoms with Crippen molar-refractivity contribution in [3.63, 3.8) is 0 Å². The fourth-order valence-electron chi connectivity index (χ4n) is 1.47. The lowest BCUT2D eigenvalue weighted by atomic mass is 9.97. The average Bonchev–Trinajstić information content (AvgIpc) is 2.77. The molecule has 1 heterocycles. The Morgan fingerprint density at radius 2 is 2.14 bits per heavy atom. The van der Waals surface area contributed by atoms with E-state index in [2.05, 4.69) is 0 Å². The zero-order valence-electron chi connectivity index (χ0n) is 24.0. The summed E-state index contributed by atoms with van der Waals surface area (Å²) in [4.78, 5) is 13.0. The van der Waals surface area contributed by atoms with Crippen LogP contribution in [0.5, 0.6) is 0 Å². The van der Waals surface area contributed by atoms with Gasteiger partial charge in [0.15, 0.2) is 8.87 Å². The Morgan fingerprint density at radius 1 is 1.48 bits per heavy atom. The van der Waals surface area contributed by atoms with Crippen LogP contribution in [-0.4, -0.2) is 49.0 Å². The lowest BCUT2D eigenvalue weighted by Gasteiger charge is -2.33. The molecule has 0 aliphatic carbocycles. The van der Waals surface area contributed by atoms with E-state index in [9.17, 15) is 18.4 Å². The van der Waals surface area contributed by atoms with Gasteiger partial charge in [0.1, 0.15) is 0 Å². The van der Waals surface area contributed by atoms with Gasteiger partial charge in [0.05, 0.1) is 12.4 Å². The first kappa shape index (κ1) is 6.90. The number of rotatable bonds is 6. The normalized spacial score (nSPS) is 33.1. The molecule has 0 atom stereocenters. The molecule has 0 unspecified atom stereocenters. The number of nitrogens with one attached hydrogen (secondary N) is 1. The van der Waals surface area contributed by atoms with Crippen molar-refractivity contribution in [3.05, 3.63) is 11.6 Å². The van der Waals surface area contributed by atoms with Crippen LogP contribution in [0, 0.1) is 0 Å². The summed E-state index contributed by atoms with van der Waals surface area (Å²) in [6.07, 6.45) is 0.891. The number of hydroxylamine groups is 2. The Bertz CT molecular complexity index is 906. The predicted octanol–water partition coefficient (Wildman–Crippen LogP) is 1.33. The van der Waals surface area contributed by atoms with Crippen LogP contribution in [0.25, 0.3) is 0 Å². The van der Waals surface area contributed by atoms with Crippen LogP contribution in [0.2, 0.25) is 0 Å². The minimum atomic E-state index is -3.99. The molecule has 1 aliphatic heterocycles. The van der Waals surface area contributed by atoms with Gasteiger partial charge in [-0.1, -0.05) is 6.05 Å². The zero-order valence-corrected chi connectivity index (χ0v) is 12.7. The molecule has 1 rings (SSSR count). The van der Waals surface area contributed by atoms with Crippen LogP contribution in [0.3, 0.4) is 0 Å². The van der Waals surface area contributed by atoms with Crippen LogP contribution < -0.4 is 5.32 Å². The van der Waals surface area contributed by atoms with E-state index >= 15 is 0 Å². The molecule has 0 aromatic carbocycles. The largest absolute Gasteiger partial charge is 0.352 e. The Kier molecular flexibility index (Phi) is 2.06. The van der Waals surface area contributed by atoms with Gasteiger partial charge >= 0.3 is 0 Å². The molecule has 1 amide bonds. The number of amides is 1. The highest BCUT2D eigenvalue weighted by molar-refractivity contribution is 8.71. The van der Waals surface area contributed by atoms with Crippen molar-refractivity contribution in [2.75, 3.05) is 18.6 Å². The van der Waals surface area contributed by atoms with E-state index in [0.29, 0.717) is 10.8 Å². The lowest BCUT2D eigenvalue weighted by Crippen LogP contribution is -2.48. The summed E-state index contributed by atoms with van der Waals surface area (Å²) < 4.78 is 123. The van der Waals surface area contributed by atoms with E-state index in [-0.39, 0.29) is 18.7 Å². The van der Waals surface area contributed by atoms with Gasteiger partial charge in [-0.2, -0.15) is 0 Å². The topological polar surface area (TPSA) is 86.4 Å². The lowest BCUT2D eigenvalue weighted by molar-refractivity contribution is -0.238. The Labute approximate surface area is 148 Å². The van der Waals surface area contributed by atoms with Crippen LogP contribution in [0.4, 0.5) is 0 Å². The van der Waals surface area contributed by atoms with Gasteiger partial charge in [0.25, 0.3) is 0 Å². The summed E-state index contributed by atoms with van der Waals surface area (Å²) in [7, 11) is -2.90. The SMILES string of the molecule is [2H]C1=C(C(=O)NCCCSS(C)(=O)=O)C(C([2H])([2H])[2H])(C([2H])([2H])[2H])[15N]([O])C1(C([2H])([2H])[2H])C([2H])([2H])[2H]. The Morgan fingerprint density at radius 3 is 2.67 bits per heavy atom. The number of hydrogen-bond donors (Lipinski definition) is 1. The second-order valence-electron chi connectivity index (χ2n) is 4.35. The summed E-state index contributed by atoms with van der Waals surface area (Å²) in [6.45, 7) is -16.3. The highest BCUT2D eigenvalue weighted by atomic mass is 33.1. The summed E-state index contributed by atoms with van der Waals surface area (Å²) in [5, 5.41) is 14.3. The first-order valence-electron chi connectivity index (χ1n) is 12.1. The molecule has 1 aliphatic rings. The summed E-state index contributed by atoms with van der Waals surface area (Å²) in [5.41, 5.74) is -9.59. The second-order valence-corrected chi connectivity index (χ2v) is 8.93. The first-order valence-corrected chi connectivity index (χ1v) is 9.03. The van der Waals surface area contributed by atoms with Crippen LogP contribution in [0.15, 0.2) is 11.6 Å². The van der Waals surface area contributed by atoms with Gasteiger partial charge in [-0.15, -0.1) is 10.3 Å². The average molecular weight is 350 g/mol. The maximum absolute atomic E-state index is 13.4. The fraction of sp³-hybridized carbons (Fsp3) is 0.769. The molecular weight excluding hydrogens is 313 g/mol. The summed E-state index contributed by atoms with van der Waals surface area (Å²) in [5.74, 6) is -1.68. The van der Waals surface area contributed by atoms with Gasteiger partial charge < -0.3 is 5.32 Å². The van der Waals surface area contributed by atoms with Crippen molar-refractivity contribution in [1.29, 1.82) is 0 Å². The minimum Gasteiger partial charge on any atom is -0.352 e. The third kappa shape index (κ3) is 4.70. The van der Waals surface area contributed by atoms with Gasteiger partial charge in [-0.3, -0.25) is 4.79 Å². The summed E-state index contributed by atoms with van der Waals surface area (Å²) >= 11 is 0. The molecule has 21 heavy (non-hydrogen) atoms. The molecule has 1 radical (unpaired) electrons. The number of carbonyl (C=O) groups excluding carboxylic acids is 1. The van der Waals surface area contributed by atoms with E-state index in [1.165, 1.54) is 0 Å². The predicted molar refractivity (Wildman–Crippen MR) is 83.7 cm³/mol. The number of hydrogen-bond acceptors (Lipinski definition) is 5. The maximum Gasteiger partial charge on any atom is 0.248 e. The van der Waals surface area contributed by atoms with Gasteiger partial charge in [0, 0.05) is 40.6 Å². The zero-order chi connectivity index (χ0) is 27.3. The minimum absolute atomic E-state index is 0.0383. The number of carbonyl (C=O) groups is 1. The van der Waals surface area contributed by atoms with E-state index in [1.807, 2.05) is 5.32 Å². The summed E-state index contributed by atoms with van der Waals surface area (Å²) in [6, 6.07) is -1.77. The molecule has 1 N–H and O–H groups in total. The maximum atomic E-state index is 13.4. The van der Waals surface area contributed by atoms with Gasteiger partial charge in [-0.25, -0.2) is 8.42 Å². The first-order chi connectivity index (χ1) is 14.8. The van der Waals surface area contributed by atoms with Crippen molar-refractivity contribution in [2.24, 2.45) is 0 Å².